The molecule has 204 valence electrons. The minimum atomic E-state index is -0.464. The molecule has 3 saturated heterocycles. The highest BCUT2D eigenvalue weighted by molar-refractivity contribution is 5.97. The molecule has 3 fully saturated rings. The molecule has 9 nitrogen and oxygen atoms in total. The predicted octanol–water partition coefficient (Wildman–Crippen LogP) is 1.24. The maximum absolute atomic E-state index is 13.8. The number of hydrogen-bond acceptors (Lipinski definition) is 7. The van der Waals surface area contributed by atoms with E-state index in [4.69, 9.17) is 4.74 Å². The van der Waals surface area contributed by atoms with Gasteiger partial charge < -0.3 is 19.9 Å². The number of ether oxygens (including phenoxy) is 1. The number of aromatic nitrogens is 1. The number of benzene rings is 1. The number of amides is 2. The van der Waals surface area contributed by atoms with Crippen molar-refractivity contribution in [1.82, 2.24) is 29.9 Å². The van der Waals surface area contributed by atoms with Crippen LogP contribution >= 0.6 is 0 Å². The molecular formula is C29H40N6O3. The van der Waals surface area contributed by atoms with E-state index < -0.39 is 6.04 Å². The Bertz CT molecular complexity index is 1070. The molecule has 2 unspecified atom stereocenters. The zero-order valence-corrected chi connectivity index (χ0v) is 22.4. The number of nitrogens with zero attached hydrogens (tertiary/aromatic N) is 5. The first-order chi connectivity index (χ1) is 18.6. The monoisotopic (exact) mass is 520 g/mol. The minimum Gasteiger partial charge on any atom is -0.379 e. The highest BCUT2D eigenvalue weighted by Gasteiger charge is 2.43. The topological polar surface area (TPSA) is 81.3 Å². The van der Waals surface area contributed by atoms with Gasteiger partial charge in [0, 0.05) is 83.9 Å². The zero-order valence-electron chi connectivity index (χ0n) is 22.4. The average Bonchev–Trinajstić information content (AvgIpc) is 3.42. The first kappa shape index (κ1) is 26.7. The van der Waals surface area contributed by atoms with Gasteiger partial charge in [0.05, 0.1) is 18.8 Å². The average molecular weight is 521 g/mol. The van der Waals surface area contributed by atoms with Gasteiger partial charge in [0.2, 0.25) is 5.91 Å². The molecule has 2 atom stereocenters. The second kappa shape index (κ2) is 12.8. The Kier molecular flexibility index (Phi) is 9.01. The summed E-state index contributed by atoms with van der Waals surface area (Å²) in [6.45, 7) is 11.7. The van der Waals surface area contributed by atoms with Gasteiger partial charge >= 0.3 is 0 Å². The molecule has 2 aromatic rings. The van der Waals surface area contributed by atoms with Gasteiger partial charge in [-0.1, -0.05) is 24.3 Å². The summed E-state index contributed by atoms with van der Waals surface area (Å²) in [7, 11) is 0. The molecular weight excluding hydrogens is 480 g/mol. The molecule has 0 radical (unpaired) electrons. The van der Waals surface area contributed by atoms with Crippen molar-refractivity contribution < 1.29 is 14.3 Å². The molecule has 4 heterocycles. The third-order valence-electron chi connectivity index (χ3n) is 8.12. The number of morpholine rings is 1. The molecule has 1 aromatic heterocycles. The summed E-state index contributed by atoms with van der Waals surface area (Å²) < 4.78 is 5.55. The van der Waals surface area contributed by atoms with Gasteiger partial charge in [-0.3, -0.25) is 24.4 Å². The fourth-order valence-electron chi connectivity index (χ4n) is 5.78. The van der Waals surface area contributed by atoms with Crippen LogP contribution in [0.3, 0.4) is 0 Å². The number of carbonyl (C=O) groups excluding carboxylic acids is 2. The van der Waals surface area contributed by atoms with E-state index in [1.807, 2.05) is 9.80 Å². The van der Waals surface area contributed by atoms with Crippen molar-refractivity contribution in [3.8, 4) is 0 Å². The molecule has 3 aliphatic rings. The second-order valence-corrected chi connectivity index (χ2v) is 10.5. The Morgan fingerprint density at radius 1 is 1.08 bits per heavy atom. The smallest absolute Gasteiger partial charge is 0.256 e. The van der Waals surface area contributed by atoms with Crippen LogP contribution in [0, 0.1) is 6.92 Å². The van der Waals surface area contributed by atoms with Crippen molar-refractivity contribution in [1.29, 1.82) is 0 Å². The van der Waals surface area contributed by atoms with Gasteiger partial charge in [-0.05, 0) is 36.6 Å². The van der Waals surface area contributed by atoms with Crippen LogP contribution in [0.5, 0.6) is 0 Å². The van der Waals surface area contributed by atoms with Crippen molar-refractivity contribution in [3.05, 3.63) is 65.5 Å². The van der Waals surface area contributed by atoms with Crippen LogP contribution in [0.4, 0.5) is 0 Å². The Balaban J connectivity index is 1.39. The van der Waals surface area contributed by atoms with E-state index >= 15 is 0 Å². The van der Waals surface area contributed by atoms with Crippen molar-refractivity contribution in [2.75, 3.05) is 72.1 Å². The normalized spacial score (nSPS) is 22.7. The molecule has 0 spiro atoms. The van der Waals surface area contributed by atoms with Crippen molar-refractivity contribution in [3.63, 3.8) is 0 Å². The molecule has 1 N–H and O–H groups in total. The fourth-order valence-corrected chi connectivity index (χ4v) is 5.78. The molecule has 9 heteroatoms. The third kappa shape index (κ3) is 6.40. The van der Waals surface area contributed by atoms with Crippen LogP contribution in [0.25, 0.3) is 0 Å². The van der Waals surface area contributed by atoms with E-state index in [0.717, 1.165) is 59.0 Å². The third-order valence-corrected chi connectivity index (χ3v) is 8.12. The van der Waals surface area contributed by atoms with Crippen LogP contribution in [0.1, 0.15) is 27.9 Å². The Labute approximate surface area is 225 Å². The van der Waals surface area contributed by atoms with Gasteiger partial charge in [0.1, 0.15) is 6.04 Å². The summed E-state index contributed by atoms with van der Waals surface area (Å²) >= 11 is 0. The number of aryl methyl sites for hydroxylation is 1. The van der Waals surface area contributed by atoms with Crippen molar-refractivity contribution >= 4 is 11.8 Å². The van der Waals surface area contributed by atoms with Crippen LogP contribution in [0.15, 0.2) is 48.8 Å². The molecule has 2 amide bonds. The van der Waals surface area contributed by atoms with E-state index in [2.05, 4.69) is 51.3 Å². The van der Waals surface area contributed by atoms with Gasteiger partial charge in [0.25, 0.3) is 5.91 Å². The minimum absolute atomic E-state index is 0.0651. The Morgan fingerprint density at radius 3 is 2.61 bits per heavy atom. The van der Waals surface area contributed by atoms with E-state index in [1.54, 1.807) is 24.5 Å². The number of piperazine rings is 1. The summed E-state index contributed by atoms with van der Waals surface area (Å²) in [5.74, 6) is -0.0478. The molecule has 3 aliphatic heterocycles. The zero-order chi connectivity index (χ0) is 26.3. The lowest BCUT2D eigenvalue weighted by Crippen LogP contribution is -2.53. The standard InChI is InChI=1S/C29H40N6O3/c1-23-5-2-3-6-25(23)21-34(14-13-32-15-17-38-18-16-32)26-19-27(29(37)33-11-9-30-10-12-33)35(22-26)28(36)24-7-4-8-31-20-24/h2-8,20,26-27,30H,9-19,21-22H2,1H3. The summed E-state index contributed by atoms with van der Waals surface area (Å²) in [5, 5.41) is 3.32. The second-order valence-electron chi connectivity index (χ2n) is 10.5. The van der Waals surface area contributed by atoms with Gasteiger partial charge in [-0.15, -0.1) is 0 Å². The Hall–Kier alpha value is -2.85. The first-order valence-electron chi connectivity index (χ1n) is 13.9. The van der Waals surface area contributed by atoms with Crippen LogP contribution in [0.2, 0.25) is 0 Å². The SMILES string of the molecule is Cc1ccccc1CN(CCN1CCOCC1)C1CC(C(=O)N2CCNCC2)N(C(=O)c2cccnc2)C1. The van der Waals surface area contributed by atoms with Crippen molar-refractivity contribution in [2.24, 2.45) is 0 Å². The van der Waals surface area contributed by atoms with E-state index in [1.165, 1.54) is 11.1 Å². The van der Waals surface area contributed by atoms with E-state index in [9.17, 15) is 9.59 Å². The van der Waals surface area contributed by atoms with Gasteiger partial charge in [-0.2, -0.15) is 0 Å². The van der Waals surface area contributed by atoms with Gasteiger partial charge in [-0.25, -0.2) is 0 Å². The predicted molar refractivity (Wildman–Crippen MR) is 146 cm³/mol. The van der Waals surface area contributed by atoms with Crippen molar-refractivity contribution in [2.45, 2.75) is 32.0 Å². The van der Waals surface area contributed by atoms with Crippen LogP contribution < -0.4 is 5.32 Å². The van der Waals surface area contributed by atoms with Crippen LogP contribution in [-0.2, 0) is 16.1 Å². The summed E-state index contributed by atoms with van der Waals surface area (Å²) in [5.41, 5.74) is 3.08. The fraction of sp³-hybridized carbons (Fsp3) is 0.552. The molecule has 0 aliphatic carbocycles. The maximum atomic E-state index is 13.8. The lowest BCUT2D eigenvalue weighted by Gasteiger charge is -2.33. The molecule has 38 heavy (non-hydrogen) atoms. The summed E-state index contributed by atoms with van der Waals surface area (Å²) in [6, 6.07) is 11.7. The lowest BCUT2D eigenvalue weighted by molar-refractivity contribution is -0.135. The number of nitrogens with one attached hydrogen (secondary N) is 1. The van der Waals surface area contributed by atoms with Gasteiger partial charge in [0.15, 0.2) is 0 Å². The number of rotatable bonds is 8. The quantitative estimate of drug-likeness (QED) is 0.561. The number of pyridine rings is 1. The summed E-state index contributed by atoms with van der Waals surface area (Å²) in [4.78, 5) is 40.3. The molecule has 0 bridgehead atoms. The number of likely N-dealkylation sites (tertiary alicyclic amines) is 1. The maximum Gasteiger partial charge on any atom is 0.256 e. The molecule has 0 saturated carbocycles. The highest BCUT2D eigenvalue weighted by Crippen LogP contribution is 2.28. The molecule has 1 aromatic carbocycles. The number of hydrogen-bond donors (Lipinski definition) is 1. The Morgan fingerprint density at radius 2 is 1.87 bits per heavy atom. The largest absolute Gasteiger partial charge is 0.379 e. The number of carbonyl (C=O) groups is 2. The molecule has 5 rings (SSSR count). The van der Waals surface area contributed by atoms with E-state index in [0.29, 0.717) is 31.6 Å². The van der Waals surface area contributed by atoms with E-state index in [-0.39, 0.29) is 17.9 Å². The highest BCUT2D eigenvalue weighted by atomic mass is 16.5. The first-order valence-corrected chi connectivity index (χ1v) is 13.9. The van der Waals surface area contributed by atoms with Crippen LogP contribution in [-0.4, -0.2) is 121 Å². The lowest BCUT2D eigenvalue weighted by atomic mass is 10.1. The summed E-state index contributed by atoms with van der Waals surface area (Å²) in [6.07, 6.45) is 3.91.